The third-order valence-corrected chi connectivity index (χ3v) is 4.29. The fourth-order valence-corrected chi connectivity index (χ4v) is 3.03. The van der Waals surface area contributed by atoms with Gasteiger partial charge in [-0.05, 0) is 63.5 Å². The molecule has 2 atom stereocenters. The van der Waals surface area contributed by atoms with Crippen molar-refractivity contribution in [3.8, 4) is 5.75 Å². The van der Waals surface area contributed by atoms with E-state index in [1.165, 1.54) is 31.0 Å². The first kappa shape index (κ1) is 15.3. The quantitative estimate of drug-likeness (QED) is 0.870. The van der Waals surface area contributed by atoms with Crippen LogP contribution in [0.15, 0.2) is 18.2 Å². The van der Waals surface area contributed by atoms with Crippen LogP contribution in [-0.4, -0.2) is 36.2 Å². The van der Waals surface area contributed by atoms with Crippen molar-refractivity contribution in [3.63, 3.8) is 0 Å². The minimum atomic E-state index is -0.292. The highest BCUT2D eigenvalue weighted by atomic mass is 19.1. The van der Waals surface area contributed by atoms with Crippen molar-refractivity contribution >= 4 is 0 Å². The van der Waals surface area contributed by atoms with Crippen LogP contribution in [-0.2, 0) is 0 Å². The third kappa shape index (κ3) is 3.70. The minimum absolute atomic E-state index is 0.0256. The number of nitrogens with one attached hydrogen (secondary N) is 1. The Bertz CT molecular complexity index is 432. The van der Waals surface area contributed by atoms with Crippen molar-refractivity contribution < 1.29 is 9.50 Å². The van der Waals surface area contributed by atoms with Crippen molar-refractivity contribution in [2.75, 3.05) is 26.2 Å². The normalized spacial score (nSPS) is 21.1. The molecule has 0 bridgehead atoms. The van der Waals surface area contributed by atoms with Crippen molar-refractivity contribution in [2.24, 2.45) is 5.92 Å². The summed E-state index contributed by atoms with van der Waals surface area (Å²) in [5.74, 6) is 0.529. The minimum Gasteiger partial charge on any atom is -0.508 e. The van der Waals surface area contributed by atoms with Gasteiger partial charge in [-0.15, -0.1) is 0 Å². The summed E-state index contributed by atoms with van der Waals surface area (Å²) in [5.41, 5.74) is 0.676. The Morgan fingerprint density at radius 1 is 1.50 bits per heavy atom. The Kier molecular flexibility index (Phi) is 5.38. The number of phenols is 1. The topological polar surface area (TPSA) is 35.5 Å². The zero-order valence-electron chi connectivity index (χ0n) is 12.4. The van der Waals surface area contributed by atoms with E-state index >= 15 is 0 Å². The predicted molar refractivity (Wildman–Crippen MR) is 79.3 cm³/mol. The van der Waals surface area contributed by atoms with E-state index in [2.05, 4.69) is 17.1 Å². The second-order valence-electron chi connectivity index (χ2n) is 5.68. The number of hydrogen-bond donors (Lipinski definition) is 2. The number of nitrogens with zero attached hydrogens (tertiary/aromatic N) is 1. The van der Waals surface area contributed by atoms with E-state index in [1.807, 2.05) is 6.92 Å². The van der Waals surface area contributed by atoms with Crippen molar-refractivity contribution in [2.45, 2.75) is 32.7 Å². The number of benzene rings is 1. The number of phenolic OH excluding ortho intramolecular Hbond substituents is 1. The Morgan fingerprint density at radius 2 is 2.30 bits per heavy atom. The SMILES string of the molecule is CCN(CC1CCCNC1)C(C)c1cc(F)ccc1O. The first-order valence-electron chi connectivity index (χ1n) is 7.55. The zero-order valence-corrected chi connectivity index (χ0v) is 12.4. The molecule has 2 rings (SSSR count). The van der Waals surface area contributed by atoms with Gasteiger partial charge in [-0.2, -0.15) is 0 Å². The van der Waals surface area contributed by atoms with Crippen LogP contribution >= 0.6 is 0 Å². The van der Waals surface area contributed by atoms with Gasteiger partial charge in [0, 0.05) is 18.2 Å². The van der Waals surface area contributed by atoms with Crippen molar-refractivity contribution in [1.29, 1.82) is 0 Å². The highest BCUT2D eigenvalue weighted by Gasteiger charge is 2.22. The first-order chi connectivity index (χ1) is 9.61. The van der Waals surface area contributed by atoms with Gasteiger partial charge in [0.05, 0.1) is 0 Å². The Balaban J connectivity index is 2.07. The van der Waals surface area contributed by atoms with Gasteiger partial charge in [0.15, 0.2) is 0 Å². The number of piperidine rings is 1. The van der Waals surface area contributed by atoms with E-state index < -0.39 is 0 Å². The molecule has 0 aliphatic carbocycles. The molecule has 1 saturated heterocycles. The monoisotopic (exact) mass is 280 g/mol. The van der Waals surface area contributed by atoms with E-state index in [0.717, 1.165) is 26.2 Å². The first-order valence-corrected chi connectivity index (χ1v) is 7.55. The molecule has 0 spiro atoms. The molecule has 0 aromatic heterocycles. The van der Waals surface area contributed by atoms with Crippen LogP contribution in [0.5, 0.6) is 5.75 Å². The highest BCUT2D eigenvalue weighted by Crippen LogP contribution is 2.30. The maximum absolute atomic E-state index is 13.4. The number of aromatic hydroxyl groups is 1. The molecule has 4 heteroatoms. The average molecular weight is 280 g/mol. The standard InChI is InChI=1S/C16H25FN2O/c1-3-19(11-13-5-4-8-18-10-13)12(2)15-9-14(17)6-7-16(15)20/h6-7,9,12-13,18,20H,3-5,8,10-11H2,1-2H3. The van der Waals surface area contributed by atoms with Crippen LogP contribution in [0.3, 0.4) is 0 Å². The smallest absolute Gasteiger partial charge is 0.123 e. The van der Waals surface area contributed by atoms with Gasteiger partial charge in [0.2, 0.25) is 0 Å². The molecule has 1 aliphatic rings. The summed E-state index contributed by atoms with van der Waals surface area (Å²) in [5, 5.41) is 13.4. The van der Waals surface area contributed by atoms with E-state index in [4.69, 9.17) is 0 Å². The van der Waals surface area contributed by atoms with Crippen LogP contribution in [0.25, 0.3) is 0 Å². The molecule has 1 heterocycles. The molecule has 1 aromatic carbocycles. The maximum Gasteiger partial charge on any atom is 0.123 e. The number of hydrogen-bond acceptors (Lipinski definition) is 3. The van der Waals surface area contributed by atoms with Crippen LogP contribution < -0.4 is 5.32 Å². The third-order valence-electron chi connectivity index (χ3n) is 4.29. The Labute approximate surface area is 120 Å². The van der Waals surface area contributed by atoms with Crippen molar-refractivity contribution in [1.82, 2.24) is 10.2 Å². The molecule has 0 saturated carbocycles. The van der Waals surface area contributed by atoms with E-state index in [9.17, 15) is 9.50 Å². The van der Waals surface area contributed by atoms with Crippen LogP contribution in [0, 0.1) is 11.7 Å². The largest absolute Gasteiger partial charge is 0.508 e. The molecule has 1 aromatic rings. The van der Waals surface area contributed by atoms with Gasteiger partial charge < -0.3 is 10.4 Å². The van der Waals surface area contributed by atoms with Crippen LogP contribution in [0.2, 0.25) is 0 Å². The summed E-state index contributed by atoms with van der Waals surface area (Å²) in [6, 6.07) is 4.21. The average Bonchev–Trinajstić information content (AvgIpc) is 2.47. The molecular formula is C16H25FN2O. The molecular weight excluding hydrogens is 255 g/mol. The molecule has 112 valence electrons. The number of halogens is 1. The molecule has 2 N–H and O–H groups in total. The summed E-state index contributed by atoms with van der Waals surface area (Å²) < 4.78 is 13.4. The molecule has 0 amide bonds. The lowest BCUT2D eigenvalue weighted by Gasteiger charge is -2.33. The molecule has 0 radical (unpaired) electrons. The van der Waals surface area contributed by atoms with Gasteiger partial charge in [0.1, 0.15) is 11.6 Å². The van der Waals surface area contributed by atoms with Crippen LogP contribution in [0.1, 0.15) is 38.3 Å². The Morgan fingerprint density at radius 3 is 2.95 bits per heavy atom. The fraction of sp³-hybridized carbons (Fsp3) is 0.625. The molecule has 2 unspecified atom stereocenters. The van der Waals surface area contributed by atoms with Gasteiger partial charge in [0.25, 0.3) is 0 Å². The summed E-state index contributed by atoms with van der Waals surface area (Å²) in [6.45, 7) is 8.20. The second kappa shape index (κ2) is 7.04. The summed E-state index contributed by atoms with van der Waals surface area (Å²) in [6.07, 6.45) is 2.47. The van der Waals surface area contributed by atoms with Gasteiger partial charge in [-0.1, -0.05) is 6.92 Å². The molecule has 20 heavy (non-hydrogen) atoms. The van der Waals surface area contributed by atoms with Crippen molar-refractivity contribution in [3.05, 3.63) is 29.6 Å². The summed E-state index contributed by atoms with van der Waals surface area (Å²) in [7, 11) is 0. The lowest BCUT2D eigenvalue weighted by atomic mass is 9.97. The van der Waals surface area contributed by atoms with Gasteiger partial charge >= 0.3 is 0 Å². The maximum atomic E-state index is 13.4. The fourth-order valence-electron chi connectivity index (χ4n) is 3.03. The molecule has 3 nitrogen and oxygen atoms in total. The van der Waals surface area contributed by atoms with E-state index in [1.54, 1.807) is 0 Å². The van der Waals surface area contributed by atoms with Gasteiger partial charge in [-0.25, -0.2) is 4.39 Å². The van der Waals surface area contributed by atoms with E-state index in [-0.39, 0.29) is 17.6 Å². The predicted octanol–water partition coefficient (Wildman–Crippen LogP) is 2.91. The van der Waals surface area contributed by atoms with Gasteiger partial charge in [-0.3, -0.25) is 4.90 Å². The molecule has 1 fully saturated rings. The second-order valence-corrected chi connectivity index (χ2v) is 5.68. The highest BCUT2D eigenvalue weighted by molar-refractivity contribution is 5.34. The Hall–Kier alpha value is -1.13. The summed E-state index contributed by atoms with van der Waals surface area (Å²) in [4.78, 5) is 2.31. The lowest BCUT2D eigenvalue weighted by molar-refractivity contribution is 0.168. The lowest BCUT2D eigenvalue weighted by Crippen LogP contribution is -2.39. The zero-order chi connectivity index (χ0) is 14.5. The summed E-state index contributed by atoms with van der Waals surface area (Å²) >= 11 is 0. The molecule has 1 aliphatic heterocycles. The van der Waals surface area contributed by atoms with Crippen LogP contribution in [0.4, 0.5) is 4.39 Å². The number of rotatable bonds is 5. The van der Waals surface area contributed by atoms with E-state index in [0.29, 0.717) is 11.5 Å².